The molecule has 0 spiro atoms. The third-order valence-electron chi connectivity index (χ3n) is 2.94. The molecule has 4 nitrogen and oxygen atoms in total. The summed E-state index contributed by atoms with van der Waals surface area (Å²) in [5, 5.41) is 7.85. The summed E-state index contributed by atoms with van der Waals surface area (Å²) in [6, 6.07) is 5.00. The lowest BCUT2D eigenvalue weighted by molar-refractivity contribution is -0.137. The van der Waals surface area contributed by atoms with Crippen molar-refractivity contribution in [2.45, 2.75) is 32.5 Å². The highest BCUT2D eigenvalue weighted by atomic mass is 19.4. The van der Waals surface area contributed by atoms with Gasteiger partial charge in [0.15, 0.2) is 0 Å². The van der Waals surface area contributed by atoms with Crippen molar-refractivity contribution < 1.29 is 13.2 Å². The Morgan fingerprint density at radius 1 is 1.30 bits per heavy atom. The smallest absolute Gasteiger partial charge is 0.325 e. The summed E-state index contributed by atoms with van der Waals surface area (Å²) in [5.41, 5.74) is 6.52. The van der Waals surface area contributed by atoms with Gasteiger partial charge in [-0.3, -0.25) is 0 Å². The zero-order valence-electron chi connectivity index (χ0n) is 11.1. The molecule has 0 atom stereocenters. The van der Waals surface area contributed by atoms with Crippen LogP contribution < -0.4 is 5.73 Å². The van der Waals surface area contributed by atoms with E-state index < -0.39 is 11.7 Å². The molecule has 2 aromatic rings. The lowest BCUT2D eigenvalue weighted by atomic mass is 10.1. The van der Waals surface area contributed by atoms with E-state index in [0.29, 0.717) is 11.4 Å². The fourth-order valence-electron chi connectivity index (χ4n) is 2.05. The minimum absolute atomic E-state index is 0.0538. The van der Waals surface area contributed by atoms with E-state index in [1.165, 1.54) is 10.7 Å². The molecule has 0 saturated carbocycles. The molecule has 0 aliphatic carbocycles. The van der Waals surface area contributed by atoms with Crippen molar-refractivity contribution in [3.8, 4) is 5.69 Å². The lowest BCUT2D eigenvalue weighted by Crippen LogP contribution is -2.10. The predicted octanol–water partition coefficient (Wildman–Crippen LogP) is 2.87. The van der Waals surface area contributed by atoms with E-state index in [9.17, 15) is 13.2 Å². The number of rotatable bonds is 3. The van der Waals surface area contributed by atoms with Gasteiger partial charge in [-0.25, -0.2) is 4.68 Å². The number of hydrogen-bond donors (Lipinski definition) is 1. The minimum Gasteiger partial charge on any atom is -0.325 e. The lowest BCUT2D eigenvalue weighted by Gasteiger charge is -2.12. The van der Waals surface area contributed by atoms with Gasteiger partial charge in [0.05, 0.1) is 16.9 Å². The maximum atomic E-state index is 12.7. The second-order valence-electron chi connectivity index (χ2n) is 4.74. The van der Waals surface area contributed by atoms with E-state index in [-0.39, 0.29) is 12.5 Å². The van der Waals surface area contributed by atoms with Crippen molar-refractivity contribution in [1.29, 1.82) is 0 Å². The number of benzene rings is 1. The van der Waals surface area contributed by atoms with Gasteiger partial charge in [-0.15, -0.1) is 5.10 Å². The topological polar surface area (TPSA) is 56.7 Å². The number of alkyl halides is 3. The molecule has 0 amide bonds. The Kier molecular flexibility index (Phi) is 3.80. The monoisotopic (exact) mass is 284 g/mol. The third kappa shape index (κ3) is 2.67. The molecule has 0 bridgehead atoms. The van der Waals surface area contributed by atoms with Crippen LogP contribution in [0.15, 0.2) is 24.3 Å². The van der Waals surface area contributed by atoms with Gasteiger partial charge in [-0.2, -0.15) is 13.2 Å². The normalized spacial score (nSPS) is 12.2. The average molecular weight is 284 g/mol. The summed E-state index contributed by atoms with van der Waals surface area (Å²) in [4.78, 5) is 0. The molecule has 2 rings (SSSR count). The molecular formula is C13H15F3N4. The molecule has 1 heterocycles. The molecule has 108 valence electrons. The molecule has 0 aliphatic heterocycles. The second-order valence-corrected chi connectivity index (χ2v) is 4.74. The number of nitrogens with two attached hydrogens (primary N) is 1. The van der Waals surface area contributed by atoms with Crippen molar-refractivity contribution in [3.05, 3.63) is 41.2 Å². The van der Waals surface area contributed by atoms with Gasteiger partial charge < -0.3 is 5.73 Å². The molecule has 0 fully saturated rings. The zero-order chi connectivity index (χ0) is 14.9. The maximum Gasteiger partial charge on any atom is 0.416 e. The van der Waals surface area contributed by atoms with Crippen LogP contribution in [0.1, 0.15) is 36.7 Å². The van der Waals surface area contributed by atoms with Crippen molar-refractivity contribution >= 4 is 0 Å². The first-order valence-electron chi connectivity index (χ1n) is 6.16. The molecule has 7 heteroatoms. The van der Waals surface area contributed by atoms with E-state index in [1.54, 1.807) is 6.07 Å². The standard InChI is InChI=1S/C13H15F3N4/c1-8(2)12-11(7-17)18-19-20(12)10-5-3-4-9(6-10)13(14,15)16/h3-6,8H,7,17H2,1-2H3. The van der Waals surface area contributed by atoms with E-state index in [0.717, 1.165) is 17.8 Å². The fourth-order valence-corrected chi connectivity index (χ4v) is 2.05. The Morgan fingerprint density at radius 2 is 2.00 bits per heavy atom. The molecular weight excluding hydrogens is 269 g/mol. The summed E-state index contributed by atoms with van der Waals surface area (Å²) in [6.07, 6.45) is -4.38. The quantitative estimate of drug-likeness (QED) is 0.943. The van der Waals surface area contributed by atoms with Crippen molar-refractivity contribution in [3.63, 3.8) is 0 Å². The first kappa shape index (κ1) is 14.5. The first-order valence-corrected chi connectivity index (χ1v) is 6.16. The highest BCUT2D eigenvalue weighted by Gasteiger charge is 2.31. The van der Waals surface area contributed by atoms with Crippen LogP contribution in [0, 0.1) is 0 Å². The Hall–Kier alpha value is -1.89. The molecule has 0 aliphatic rings. The average Bonchev–Trinajstić information content (AvgIpc) is 2.81. The molecule has 2 N–H and O–H groups in total. The summed E-state index contributed by atoms with van der Waals surface area (Å²) in [5.74, 6) is 0.0538. The van der Waals surface area contributed by atoms with Gasteiger partial charge in [0, 0.05) is 6.54 Å². The molecule has 1 aromatic carbocycles. The molecule has 0 unspecified atom stereocenters. The van der Waals surface area contributed by atoms with Crippen molar-refractivity contribution in [1.82, 2.24) is 15.0 Å². The third-order valence-corrected chi connectivity index (χ3v) is 2.94. The number of aromatic nitrogens is 3. The van der Waals surface area contributed by atoms with E-state index in [4.69, 9.17) is 5.73 Å². The number of halogens is 3. The highest BCUT2D eigenvalue weighted by Crippen LogP contribution is 2.31. The highest BCUT2D eigenvalue weighted by molar-refractivity contribution is 5.38. The van der Waals surface area contributed by atoms with E-state index in [1.807, 2.05) is 13.8 Å². The molecule has 0 radical (unpaired) electrons. The Labute approximate surface area is 114 Å². The molecule has 20 heavy (non-hydrogen) atoms. The van der Waals surface area contributed by atoms with Crippen LogP contribution in [0.4, 0.5) is 13.2 Å². The SMILES string of the molecule is CC(C)c1c(CN)nnn1-c1cccc(C(F)(F)F)c1. The summed E-state index contributed by atoms with van der Waals surface area (Å²) < 4.78 is 39.7. The van der Waals surface area contributed by atoms with Gasteiger partial charge in [0.25, 0.3) is 0 Å². The Bertz CT molecular complexity index is 602. The number of nitrogens with zero attached hydrogens (tertiary/aromatic N) is 3. The van der Waals surface area contributed by atoms with Gasteiger partial charge >= 0.3 is 6.18 Å². The van der Waals surface area contributed by atoms with Gasteiger partial charge in [-0.05, 0) is 24.1 Å². The second kappa shape index (κ2) is 5.24. The molecule has 0 saturated heterocycles. The van der Waals surface area contributed by atoms with Gasteiger partial charge in [0.2, 0.25) is 0 Å². The van der Waals surface area contributed by atoms with Gasteiger partial charge in [0.1, 0.15) is 5.69 Å². The fraction of sp³-hybridized carbons (Fsp3) is 0.385. The van der Waals surface area contributed by atoms with E-state index >= 15 is 0 Å². The minimum atomic E-state index is -4.38. The van der Waals surface area contributed by atoms with Crippen LogP contribution in [0.25, 0.3) is 5.69 Å². The largest absolute Gasteiger partial charge is 0.416 e. The van der Waals surface area contributed by atoms with Crippen LogP contribution >= 0.6 is 0 Å². The Morgan fingerprint density at radius 3 is 2.55 bits per heavy atom. The number of hydrogen-bond acceptors (Lipinski definition) is 3. The summed E-state index contributed by atoms with van der Waals surface area (Å²) >= 11 is 0. The van der Waals surface area contributed by atoms with Crippen LogP contribution in [-0.4, -0.2) is 15.0 Å². The van der Waals surface area contributed by atoms with Crippen LogP contribution in [0.3, 0.4) is 0 Å². The first-order chi connectivity index (χ1) is 9.34. The molecule has 1 aromatic heterocycles. The van der Waals surface area contributed by atoms with Crippen molar-refractivity contribution in [2.24, 2.45) is 5.73 Å². The van der Waals surface area contributed by atoms with Crippen LogP contribution in [-0.2, 0) is 12.7 Å². The summed E-state index contributed by atoms with van der Waals surface area (Å²) in [7, 11) is 0. The van der Waals surface area contributed by atoms with Gasteiger partial charge in [-0.1, -0.05) is 25.1 Å². The zero-order valence-corrected chi connectivity index (χ0v) is 11.1. The maximum absolute atomic E-state index is 12.7. The van der Waals surface area contributed by atoms with Crippen LogP contribution in [0.2, 0.25) is 0 Å². The van der Waals surface area contributed by atoms with E-state index in [2.05, 4.69) is 10.3 Å². The summed E-state index contributed by atoms with van der Waals surface area (Å²) in [6.45, 7) is 4.04. The van der Waals surface area contributed by atoms with Crippen molar-refractivity contribution in [2.75, 3.05) is 0 Å². The Balaban J connectivity index is 2.55. The van der Waals surface area contributed by atoms with Crippen LogP contribution in [0.5, 0.6) is 0 Å². The predicted molar refractivity (Wildman–Crippen MR) is 68.3 cm³/mol.